The third kappa shape index (κ3) is 1.89. The van der Waals surface area contributed by atoms with E-state index < -0.39 is 11.7 Å². The van der Waals surface area contributed by atoms with Crippen molar-refractivity contribution in [3.05, 3.63) is 40.5 Å². The number of carbonyl (C=O) groups excluding carboxylic acids is 2. The van der Waals surface area contributed by atoms with E-state index in [1.807, 2.05) is 0 Å². The molecule has 1 heterocycles. The van der Waals surface area contributed by atoms with Gasteiger partial charge in [0.05, 0.1) is 5.69 Å². The average Bonchev–Trinajstić information content (AvgIpc) is 2.46. The molecule has 0 radical (unpaired) electrons. The second-order valence-corrected chi connectivity index (χ2v) is 3.86. The molecule has 0 unspecified atom stereocenters. The quantitative estimate of drug-likeness (QED) is 0.709. The SMILES string of the molecule is O=C1C=CN(c2cc(Cl)cc(Cl)c2)C1=O. The fraction of sp³-hybridized carbons (Fsp3) is 0. The van der Waals surface area contributed by atoms with Crippen LogP contribution >= 0.6 is 23.2 Å². The summed E-state index contributed by atoms with van der Waals surface area (Å²) in [6, 6.07) is 4.68. The number of ketones is 1. The summed E-state index contributed by atoms with van der Waals surface area (Å²) in [6.45, 7) is 0. The molecule has 0 fully saturated rings. The Kier molecular flexibility index (Phi) is 2.50. The lowest BCUT2D eigenvalue weighted by atomic mass is 10.3. The van der Waals surface area contributed by atoms with Crippen molar-refractivity contribution < 1.29 is 9.59 Å². The van der Waals surface area contributed by atoms with Gasteiger partial charge in [0, 0.05) is 22.3 Å². The molecule has 0 saturated carbocycles. The number of amides is 1. The monoisotopic (exact) mass is 241 g/mol. The summed E-state index contributed by atoms with van der Waals surface area (Å²) < 4.78 is 0. The molecular formula is C10H5Cl2NO2. The summed E-state index contributed by atoms with van der Waals surface area (Å²) in [5, 5.41) is 0.830. The van der Waals surface area contributed by atoms with E-state index in [4.69, 9.17) is 23.2 Å². The number of benzene rings is 1. The van der Waals surface area contributed by atoms with Crippen molar-refractivity contribution in [2.24, 2.45) is 0 Å². The van der Waals surface area contributed by atoms with Gasteiger partial charge in [-0.1, -0.05) is 23.2 Å². The first-order chi connectivity index (χ1) is 7.08. The standard InChI is InChI=1S/C10H5Cl2NO2/c11-6-3-7(12)5-8(4-6)13-2-1-9(14)10(13)15/h1-5H. The summed E-state index contributed by atoms with van der Waals surface area (Å²) in [4.78, 5) is 23.5. The normalized spacial score (nSPS) is 15.2. The van der Waals surface area contributed by atoms with Crippen molar-refractivity contribution in [3.63, 3.8) is 0 Å². The minimum absolute atomic E-state index is 0.415. The average molecular weight is 242 g/mol. The van der Waals surface area contributed by atoms with Crippen molar-refractivity contribution >= 4 is 40.6 Å². The molecule has 1 amide bonds. The van der Waals surface area contributed by atoms with Gasteiger partial charge in [-0.2, -0.15) is 0 Å². The maximum atomic E-state index is 11.4. The highest BCUT2D eigenvalue weighted by molar-refractivity contribution is 6.48. The van der Waals surface area contributed by atoms with Crippen molar-refractivity contribution in [2.75, 3.05) is 4.90 Å². The predicted molar refractivity (Wildman–Crippen MR) is 58.1 cm³/mol. The van der Waals surface area contributed by atoms with E-state index in [0.717, 1.165) is 0 Å². The summed E-state index contributed by atoms with van der Waals surface area (Å²) >= 11 is 11.6. The lowest BCUT2D eigenvalue weighted by molar-refractivity contribution is -0.132. The summed E-state index contributed by atoms with van der Waals surface area (Å²) in [7, 11) is 0. The summed E-state index contributed by atoms with van der Waals surface area (Å²) in [5.74, 6) is -1.15. The molecular weight excluding hydrogens is 237 g/mol. The van der Waals surface area contributed by atoms with Gasteiger partial charge in [-0.3, -0.25) is 14.5 Å². The first kappa shape index (κ1) is 10.2. The number of halogens is 2. The molecule has 0 aromatic heterocycles. The highest BCUT2D eigenvalue weighted by Gasteiger charge is 2.25. The molecule has 5 heteroatoms. The number of hydrogen-bond donors (Lipinski definition) is 0. The van der Waals surface area contributed by atoms with Crippen LogP contribution in [0.3, 0.4) is 0 Å². The van der Waals surface area contributed by atoms with Crippen LogP contribution in [0.4, 0.5) is 5.69 Å². The third-order valence-corrected chi connectivity index (χ3v) is 2.37. The Hall–Kier alpha value is -1.32. The lowest BCUT2D eigenvalue weighted by Gasteiger charge is -2.13. The molecule has 0 spiro atoms. The Morgan fingerprint density at radius 1 is 1.00 bits per heavy atom. The molecule has 15 heavy (non-hydrogen) atoms. The lowest BCUT2D eigenvalue weighted by Crippen LogP contribution is -2.25. The number of anilines is 1. The minimum Gasteiger partial charge on any atom is -0.284 e. The van der Waals surface area contributed by atoms with Crippen molar-refractivity contribution in [1.82, 2.24) is 0 Å². The molecule has 0 atom stereocenters. The molecule has 76 valence electrons. The Balaban J connectivity index is 2.43. The van der Waals surface area contributed by atoms with Crippen molar-refractivity contribution in [3.8, 4) is 0 Å². The predicted octanol–water partition coefficient (Wildman–Crippen LogP) is 2.42. The van der Waals surface area contributed by atoms with Gasteiger partial charge in [-0.15, -0.1) is 0 Å². The van der Waals surface area contributed by atoms with Crippen LogP contribution in [0.2, 0.25) is 10.0 Å². The largest absolute Gasteiger partial charge is 0.302 e. The molecule has 3 nitrogen and oxygen atoms in total. The fourth-order valence-corrected chi connectivity index (χ4v) is 1.80. The van der Waals surface area contributed by atoms with Crippen LogP contribution in [0.1, 0.15) is 0 Å². The second-order valence-electron chi connectivity index (χ2n) is 2.98. The van der Waals surface area contributed by atoms with Crippen LogP contribution in [0.25, 0.3) is 0 Å². The van der Waals surface area contributed by atoms with Crippen LogP contribution in [-0.2, 0) is 9.59 Å². The Morgan fingerprint density at radius 3 is 2.07 bits per heavy atom. The number of nitrogens with zero attached hydrogens (tertiary/aromatic N) is 1. The Morgan fingerprint density at radius 2 is 1.60 bits per heavy atom. The van der Waals surface area contributed by atoms with Gasteiger partial charge in [0.25, 0.3) is 0 Å². The van der Waals surface area contributed by atoms with Crippen molar-refractivity contribution in [1.29, 1.82) is 0 Å². The number of rotatable bonds is 1. The molecule has 0 saturated heterocycles. The van der Waals surface area contributed by atoms with E-state index in [2.05, 4.69) is 0 Å². The van der Waals surface area contributed by atoms with E-state index in [-0.39, 0.29) is 0 Å². The van der Waals surface area contributed by atoms with E-state index in [9.17, 15) is 9.59 Å². The van der Waals surface area contributed by atoms with Crippen LogP contribution in [-0.4, -0.2) is 11.7 Å². The molecule has 0 aliphatic carbocycles. The van der Waals surface area contributed by atoms with E-state index in [0.29, 0.717) is 15.7 Å². The molecule has 1 aliphatic heterocycles. The van der Waals surface area contributed by atoms with Gasteiger partial charge in [0.15, 0.2) is 0 Å². The molecule has 1 aromatic carbocycles. The first-order valence-electron chi connectivity index (χ1n) is 4.10. The van der Waals surface area contributed by atoms with Gasteiger partial charge in [-0.25, -0.2) is 0 Å². The van der Waals surface area contributed by atoms with Crippen molar-refractivity contribution in [2.45, 2.75) is 0 Å². The van der Waals surface area contributed by atoms with Gasteiger partial charge >= 0.3 is 5.91 Å². The smallest absolute Gasteiger partial charge is 0.284 e. The van der Waals surface area contributed by atoms with Crippen LogP contribution in [0.5, 0.6) is 0 Å². The first-order valence-corrected chi connectivity index (χ1v) is 4.85. The zero-order valence-corrected chi connectivity index (χ0v) is 8.92. The number of hydrogen-bond acceptors (Lipinski definition) is 2. The molecule has 1 aromatic rings. The fourth-order valence-electron chi connectivity index (χ4n) is 1.28. The Labute approximate surface area is 95.9 Å². The summed E-state index contributed by atoms with van der Waals surface area (Å²) in [6.07, 6.45) is 2.60. The minimum atomic E-state index is -0.603. The molecule has 0 bridgehead atoms. The number of carbonyl (C=O) groups is 2. The van der Waals surface area contributed by atoms with Gasteiger partial charge in [0.1, 0.15) is 0 Å². The van der Waals surface area contributed by atoms with Gasteiger partial charge in [-0.05, 0) is 18.2 Å². The van der Waals surface area contributed by atoms with E-state index in [1.165, 1.54) is 17.2 Å². The van der Waals surface area contributed by atoms with Crippen LogP contribution in [0, 0.1) is 0 Å². The maximum Gasteiger partial charge on any atom is 0.302 e. The topological polar surface area (TPSA) is 37.4 Å². The Bertz CT molecular complexity index is 462. The van der Waals surface area contributed by atoms with Gasteiger partial charge < -0.3 is 0 Å². The van der Waals surface area contributed by atoms with E-state index in [1.54, 1.807) is 18.2 Å². The van der Waals surface area contributed by atoms with E-state index >= 15 is 0 Å². The second kappa shape index (κ2) is 3.68. The highest BCUT2D eigenvalue weighted by atomic mass is 35.5. The zero-order chi connectivity index (χ0) is 11.0. The summed E-state index contributed by atoms with van der Waals surface area (Å²) in [5.41, 5.74) is 0.486. The molecule has 2 rings (SSSR count). The maximum absolute atomic E-state index is 11.4. The van der Waals surface area contributed by atoms with Gasteiger partial charge in [0.2, 0.25) is 5.78 Å². The highest BCUT2D eigenvalue weighted by Crippen LogP contribution is 2.27. The molecule has 1 aliphatic rings. The third-order valence-electron chi connectivity index (χ3n) is 1.93. The molecule has 0 N–H and O–H groups in total. The van der Waals surface area contributed by atoms with Crippen LogP contribution < -0.4 is 4.90 Å². The van der Waals surface area contributed by atoms with Crippen LogP contribution in [0.15, 0.2) is 30.5 Å². The zero-order valence-electron chi connectivity index (χ0n) is 7.41.